The number of hydrogen-bond donors (Lipinski definition) is 0. The second kappa shape index (κ2) is 6.49. The molecule has 0 heterocycles. The van der Waals surface area contributed by atoms with E-state index in [2.05, 4.69) is 0 Å². The van der Waals surface area contributed by atoms with Crippen LogP contribution in [0.15, 0.2) is 30.3 Å². The Morgan fingerprint density at radius 1 is 0.955 bits per heavy atom. The Labute approximate surface area is 143 Å². The van der Waals surface area contributed by atoms with Gasteiger partial charge in [0.25, 0.3) is 0 Å². The molecule has 1 aliphatic rings. The van der Waals surface area contributed by atoms with Gasteiger partial charge in [-0.25, -0.2) is 0 Å². The highest BCUT2D eigenvalue weighted by atomic mass is 35.5. The van der Waals surface area contributed by atoms with Gasteiger partial charge in [-0.1, -0.05) is 46.9 Å². The molecule has 0 radical (unpaired) electrons. The van der Waals surface area contributed by atoms with Crippen molar-refractivity contribution >= 4 is 40.6 Å². The SMILES string of the molecule is O=C(COc1cc(Cl)c(Cl)cc1Cl)c1ccc2c(c1)CCC2. The Morgan fingerprint density at radius 2 is 1.68 bits per heavy atom. The molecule has 2 nitrogen and oxygen atoms in total. The zero-order valence-corrected chi connectivity index (χ0v) is 13.9. The van der Waals surface area contributed by atoms with Crippen LogP contribution in [0.1, 0.15) is 27.9 Å². The molecule has 0 atom stereocenters. The summed E-state index contributed by atoms with van der Waals surface area (Å²) in [6.07, 6.45) is 3.29. The second-order valence-corrected chi connectivity index (χ2v) is 6.47. The molecule has 5 heteroatoms. The van der Waals surface area contributed by atoms with Crippen LogP contribution in [0.25, 0.3) is 0 Å². The first-order chi connectivity index (χ1) is 10.5. The molecule has 0 saturated carbocycles. The van der Waals surface area contributed by atoms with Gasteiger partial charge in [-0.2, -0.15) is 0 Å². The first-order valence-electron chi connectivity index (χ1n) is 6.97. The van der Waals surface area contributed by atoms with Crippen LogP contribution in [0.4, 0.5) is 0 Å². The molecule has 0 amide bonds. The second-order valence-electron chi connectivity index (χ2n) is 5.25. The van der Waals surface area contributed by atoms with Crippen molar-refractivity contribution in [2.24, 2.45) is 0 Å². The zero-order valence-electron chi connectivity index (χ0n) is 11.7. The topological polar surface area (TPSA) is 26.3 Å². The quantitative estimate of drug-likeness (QED) is 0.542. The van der Waals surface area contributed by atoms with Crippen LogP contribution in [-0.2, 0) is 12.8 Å². The van der Waals surface area contributed by atoms with Crippen LogP contribution in [0.3, 0.4) is 0 Å². The molecule has 3 rings (SSSR count). The largest absolute Gasteiger partial charge is 0.484 e. The first-order valence-corrected chi connectivity index (χ1v) is 8.10. The summed E-state index contributed by atoms with van der Waals surface area (Å²) in [6, 6.07) is 8.86. The van der Waals surface area contributed by atoms with E-state index in [1.54, 1.807) is 0 Å². The van der Waals surface area contributed by atoms with Gasteiger partial charge in [-0.05, 0) is 42.5 Å². The summed E-state index contributed by atoms with van der Waals surface area (Å²) in [5.74, 6) is 0.266. The molecule has 0 unspecified atom stereocenters. The summed E-state index contributed by atoms with van der Waals surface area (Å²) in [7, 11) is 0. The van der Waals surface area contributed by atoms with E-state index in [1.165, 1.54) is 23.3 Å². The van der Waals surface area contributed by atoms with E-state index in [1.807, 2.05) is 18.2 Å². The third kappa shape index (κ3) is 3.24. The number of aryl methyl sites for hydroxylation is 2. The summed E-state index contributed by atoms with van der Waals surface area (Å²) in [4.78, 5) is 12.3. The van der Waals surface area contributed by atoms with Gasteiger partial charge < -0.3 is 4.74 Å². The molecule has 0 spiro atoms. The van der Waals surface area contributed by atoms with E-state index in [9.17, 15) is 4.79 Å². The Morgan fingerprint density at radius 3 is 2.50 bits per heavy atom. The lowest BCUT2D eigenvalue weighted by atomic mass is 10.0. The first kappa shape index (κ1) is 15.7. The number of Topliss-reactive ketones (excluding diaryl/α,β-unsaturated/α-hetero) is 1. The molecule has 2 aromatic carbocycles. The molecular weight excluding hydrogens is 343 g/mol. The average Bonchev–Trinajstić information content (AvgIpc) is 2.96. The fourth-order valence-electron chi connectivity index (χ4n) is 2.59. The van der Waals surface area contributed by atoms with E-state index < -0.39 is 0 Å². The van der Waals surface area contributed by atoms with Gasteiger partial charge in [0.05, 0.1) is 15.1 Å². The Balaban J connectivity index is 1.71. The van der Waals surface area contributed by atoms with Crippen molar-refractivity contribution in [3.05, 3.63) is 62.1 Å². The Kier molecular flexibility index (Phi) is 4.62. The number of hydrogen-bond acceptors (Lipinski definition) is 2. The molecule has 2 aromatic rings. The highest BCUT2D eigenvalue weighted by Gasteiger charge is 2.15. The minimum absolute atomic E-state index is 0.0863. The van der Waals surface area contributed by atoms with Crippen molar-refractivity contribution in [2.75, 3.05) is 6.61 Å². The molecule has 22 heavy (non-hydrogen) atoms. The van der Waals surface area contributed by atoms with Crippen molar-refractivity contribution in [3.63, 3.8) is 0 Å². The monoisotopic (exact) mass is 354 g/mol. The summed E-state index contributed by atoms with van der Waals surface area (Å²) in [6.45, 7) is -0.0868. The molecule has 0 bridgehead atoms. The highest BCUT2D eigenvalue weighted by molar-refractivity contribution is 6.43. The molecule has 0 saturated heterocycles. The third-order valence-electron chi connectivity index (χ3n) is 3.75. The predicted molar refractivity (Wildman–Crippen MR) is 89.8 cm³/mol. The van der Waals surface area contributed by atoms with Crippen molar-refractivity contribution < 1.29 is 9.53 Å². The van der Waals surface area contributed by atoms with Gasteiger partial charge in [-0.15, -0.1) is 0 Å². The highest BCUT2D eigenvalue weighted by Crippen LogP contribution is 2.34. The number of ketones is 1. The van der Waals surface area contributed by atoms with E-state index in [-0.39, 0.29) is 12.4 Å². The molecule has 0 fully saturated rings. The summed E-state index contributed by atoms with van der Waals surface area (Å²) in [5.41, 5.74) is 3.26. The number of rotatable bonds is 4. The fourth-order valence-corrected chi connectivity index (χ4v) is 3.18. The number of carbonyl (C=O) groups is 1. The van der Waals surface area contributed by atoms with Gasteiger partial charge in [-0.3, -0.25) is 4.79 Å². The number of fused-ring (bicyclic) bond motifs is 1. The van der Waals surface area contributed by atoms with Crippen LogP contribution in [-0.4, -0.2) is 12.4 Å². The number of carbonyl (C=O) groups excluding carboxylic acids is 1. The van der Waals surface area contributed by atoms with E-state index in [0.717, 1.165) is 19.3 Å². The standard InChI is InChI=1S/C17H13Cl3O2/c18-13-7-15(20)17(8-14(13)19)22-9-16(21)12-5-4-10-2-1-3-11(10)6-12/h4-8H,1-3,9H2. The fraction of sp³-hybridized carbons (Fsp3) is 0.235. The van der Waals surface area contributed by atoms with Crippen molar-refractivity contribution in [1.82, 2.24) is 0 Å². The van der Waals surface area contributed by atoms with Gasteiger partial charge in [0.1, 0.15) is 5.75 Å². The van der Waals surface area contributed by atoms with Crippen molar-refractivity contribution in [2.45, 2.75) is 19.3 Å². The predicted octanol–water partition coefficient (Wildman–Crippen LogP) is 5.40. The summed E-state index contributed by atoms with van der Waals surface area (Å²) < 4.78 is 5.48. The molecule has 1 aliphatic carbocycles. The third-order valence-corrected chi connectivity index (χ3v) is 4.77. The molecule has 0 aromatic heterocycles. The molecule has 0 N–H and O–H groups in total. The molecule has 114 valence electrons. The van der Waals surface area contributed by atoms with Crippen LogP contribution in [0, 0.1) is 0 Å². The molecule has 0 aliphatic heterocycles. The normalized spacial score (nSPS) is 13.0. The van der Waals surface area contributed by atoms with E-state index in [4.69, 9.17) is 39.5 Å². The number of ether oxygens (including phenoxy) is 1. The lowest BCUT2D eigenvalue weighted by Crippen LogP contribution is -2.12. The van der Waals surface area contributed by atoms with Crippen molar-refractivity contribution in [1.29, 1.82) is 0 Å². The Hall–Kier alpha value is -1.22. The minimum Gasteiger partial charge on any atom is -0.484 e. The summed E-state index contributed by atoms with van der Waals surface area (Å²) in [5, 5.41) is 1.02. The van der Waals surface area contributed by atoms with Gasteiger partial charge in [0.2, 0.25) is 0 Å². The number of benzene rings is 2. The van der Waals surface area contributed by atoms with Crippen LogP contribution in [0.5, 0.6) is 5.75 Å². The van der Waals surface area contributed by atoms with Crippen molar-refractivity contribution in [3.8, 4) is 5.75 Å². The Bertz CT molecular complexity index is 741. The minimum atomic E-state index is -0.0868. The average molecular weight is 356 g/mol. The molecular formula is C17H13Cl3O2. The maximum atomic E-state index is 12.3. The maximum Gasteiger partial charge on any atom is 0.200 e. The number of halogens is 3. The van der Waals surface area contributed by atoms with Gasteiger partial charge in [0.15, 0.2) is 12.4 Å². The smallest absolute Gasteiger partial charge is 0.200 e. The van der Waals surface area contributed by atoms with Gasteiger partial charge >= 0.3 is 0 Å². The van der Waals surface area contributed by atoms with Crippen LogP contribution in [0.2, 0.25) is 15.1 Å². The lowest BCUT2D eigenvalue weighted by molar-refractivity contribution is 0.0921. The van der Waals surface area contributed by atoms with E-state index in [0.29, 0.717) is 26.4 Å². The van der Waals surface area contributed by atoms with E-state index >= 15 is 0 Å². The van der Waals surface area contributed by atoms with Crippen LogP contribution >= 0.6 is 34.8 Å². The van der Waals surface area contributed by atoms with Crippen LogP contribution < -0.4 is 4.74 Å². The lowest BCUT2D eigenvalue weighted by Gasteiger charge is -2.09. The zero-order chi connectivity index (χ0) is 15.7. The maximum absolute atomic E-state index is 12.3. The summed E-state index contributed by atoms with van der Waals surface area (Å²) >= 11 is 17.8. The van der Waals surface area contributed by atoms with Gasteiger partial charge in [0, 0.05) is 11.6 Å².